The van der Waals surface area contributed by atoms with E-state index in [1.54, 1.807) is 0 Å². The van der Waals surface area contributed by atoms with Gasteiger partial charge in [0.25, 0.3) is 0 Å². The topological polar surface area (TPSA) is 68.2 Å². The minimum atomic E-state index is -0.335. The van der Waals surface area contributed by atoms with Crippen LogP contribution in [0.3, 0.4) is 0 Å². The molecule has 0 bridgehead atoms. The second-order valence-corrected chi connectivity index (χ2v) is 14.3. The molecule has 4 aromatic rings. The Balaban J connectivity index is 1.66. The highest BCUT2D eigenvalue weighted by molar-refractivity contribution is 5.43. The Labute approximate surface area is 320 Å². The van der Waals surface area contributed by atoms with Gasteiger partial charge in [0, 0.05) is 0 Å². The average Bonchev–Trinajstić information content (AvgIpc) is 3.20. The summed E-state index contributed by atoms with van der Waals surface area (Å²) in [6.07, 6.45) is 18.6. The van der Waals surface area contributed by atoms with E-state index in [2.05, 4.69) is 98.8 Å². The lowest BCUT2D eigenvalue weighted by atomic mass is 9.94. The number of benzene rings is 4. The molecule has 2 unspecified atom stereocenters. The van der Waals surface area contributed by atoms with Crippen LogP contribution in [0.2, 0.25) is 0 Å². The molecule has 0 radical (unpaired) electrons. The predicted molar refractivity (Wildman–Crippen MR) is 219 cm³/mol. The van der Waals surface area contributed by atoms with Crippen molar-refractivity contribution in [3.05, 3.63) is 130 Å². The fourth-order valence-electron chi connectivity index (χ4n) is 7.14. The summed E-state index contributed by atoms with van der Waals surface area (Å²) in [4.78, 5) is 0. The lowest BCUT2D eigenvalue weighted by Gasteiger charge is -2.28. The first-order chi connectivity index (χ1) is 26.2. The van der Waals surface area contributed by atoms with Crippen molar-refractivity contribution in [3.63, 3.8) is 0 Å². The van der Waals surface area contributed by atoms with E-state index < -0.39 is 0 Å². The first-order valence-corrected chi connectivity index (χ1v) is 20.7. The van der Waals surface area contributed by atoms with Gasteiger partial charge in [0.15, 0.2) is 0 Å². The van der Waals surface area contributed by atoms with Gasteiger partial charge in [0.1, 0.15) is 36.9 Å². The smallest absolute Gasteiger partial charge is 0.122 e. The summed E-state index contributed by atoms with van der Waals surface area (Å²) in [6.45, 7) is 5.04. The molecule has 0 aliphatic rings. The highest BCUT2D eigenvalue weighted by Crippen LogP contribution is 2.39. The van der Waals surface area contributed by atoms with Crippen LogP contribution in [0.25, 0.3) is 0 Å². The van der Waals surface area contributed by atoms with Crippen molar-refractivity contribution in [2.24, 2.45) is 0 Å². The third-order valence-electron chi connectivity index (χ3n) is 10.0. The first-order valence-electron chi connectivity index (χ1n) is 20.7. The normalized spacial score (nSPS) is 12.5. The second kappa shape index (κ2) is 25.4. The largest absolute Gasteiger partial charge is 0.491 e. The van der Waals surface area contributed by atoms with E-state index in [-0.39, 0.29) is 38.6 Å². The van der Waals surface area contributed by atoms with Gasteiger partial charge in [-0.25, -0.2) is 0 Å². The Morgan fingerprint density at radius 3 is 1.19 bits per heavy atom. The number of ether oxygens (including phenoxy) is 3. The maximum atomic E-state index is 9.56. The molecule has 2 N–H and O–H groups in total. The SMILES string of the molecule is CCCCCCCCCc1cc(C(OC(c2ccccc2)c2ccc(OCCO)c(CCCCCCCCC)c2)c2ccccc2)ccc1OCCO. The van der Waals surface area contributed by atoms with Gasteiger partial charge < -0.3 is 24.4 Å². The number of hydrogen-bond donors (Lipinski definition) is 2. The van der Waals surface area contributed by atoms with Crippen LogP contribution < -0.4 is 9.47 Å². The van der Waals surface area contributed by atoms with Gasteiger partial charge in [-0.15, -0.1) is 0 Å². The van der Waals surface area contributed by atoms with Gasteiger partial charge >= 0.3 is 0 Å². The summed E-state index contributed by atoms with van der Waals surface area (Å²) >= 11 is 0. The average molecular weight is 723 g/mol. The number of aryl methyl sites for hydroxylation is 2. The number of rotatable bonds is 28. The van der Waals surface area contributed by atoms with E-state index >= 15 is 0 Å². The van der Waals surface area contributed by atoms with E-state index in [4.69, 9.17) is 14.2 Å². The van der Waals surface area contributed by atoms with Crippen molar-refractivity contribution < 1.29 is 24.4 Å². The van der Waals surface area contributed by atoms with E-state index in [9.17, 15) is 10.2 Å². The zero-order valence-electron chi connectivity index (χ0n) is 32.7. The van der Waals surface area contributed by atoms with E-state index in [1.807, 2.05) is 12.1 Å². The Bertz CT molecular complexity index is 1410. The Hall–Kier alpha value is -3.64. The Morgan fingerprint density at radius 1 is 0.434 bits per heavy atom. The molecule has 0 saturated carbocycles. The van der Waals surface area contributed by atoms with Crippen LogP contribution in [0.15, 0.2) is 97.1 Å². The maximum absolute atomic E-state index is 9.56. The molecule has 288 valence electrons. The molecule has 0 aromatic heterocycles. The molecule has 4 rings (SSSR count). The van der Waals surface area contributed by atoms with Crippen LogP contribution in [0.5, 0.6) is 11.5 Å². The van der Waals surface area contributed by atoms with Gasteiger partial charge in [-0.05, 0) is 83.3 Å². The third kappa shape index (κ3) is 14.6. The molecule has 4 aromatic carbocycles. The maximum Gasteiger partial charge on any atom is 0.122 e. The highest BCUT2D eigenvalue weighted by atomic mass is 16.5. The lowest BCUT2D eigenvalue weighted by Crippen LogP contribution is -2.14. The van der Waals surface area contributed by atoms with Gasteiger partial charge in [-0.1, -0.05) is 164 Å². The van der Waals surface area contributed by atoms with Crippen LogP contribution in [0.4, 0.5) is 0 Å². The molecule has 0 aliphatic carbocycles. The zero-order valence-corrected chi connectivity index (χ0v) is 32.7. The minimum absolute atomic E-state index is 0.0160. The van der Waals surface area contributed by atoms with Crippen molar-refractivity contribution in [2.45, 2.75) is 129 Å². The molecule has 0 heterocycles. The van der Waals surface area contributed by atoms with E-state index in [1.165, 1.54) is 77.0 Å². The number of hydrogen-bond acceptors (Lipinski definition) is 5. The van der Waals surface area contributed by atoms with Crippen molar-refractivity contribution in [2.75, 3.05) is 26.4 Å². The van der Waals surface area contributed by atoms with Crippen molar-refractivity contribution in [1.29, 1.82) is 0 Å². The lowest BCUT2D eigenvalue weighted by molar-refractivity contribution is 0.0307. The quantitative estimate of drug-likeness (QED) is 0.0571. The predicted octanol–water partition coefficient (Wildman–Crippen LogP) is 11.9. The van der Waals surface area contributed by atoms with Crippen LogP contribution >= 0.6 is 0 Å². The summed E-state index contributed by atoms with van der Waals surface area (Å²) in [5.74, 6) is 1.68. The minimum Gasteiger partial charge on any atom is -0.491 e. The third-order valence-corrected chi connectivity index (χ3v) is 10.0. The molecule has 0 amide bonds. The number of aliphatic hydroxyl groups is 2. The summed E-state index contributed by atoms with van der Waals surface area (Å²) in [7, 11) is 0. The summed E-state index contributed by atoms with van der Waals surface area (Å²) in [6, 6.07) is 33.9. The molecule has 0 fully saturated rings. The fourth-order valence-corrected chi connectivity index (χ4v) is 7.14. The van der Waals surface area contributed by atoms with Gasteiger partial charge in [0.2, 0.25) is 0 Å². The molecule has 53 heavy (non-hydrogen) atoms. The standard InChI is InChI=1S/C48H66O5/c1-3-5-7-9-11-13-17-27-41-37-43(29-31-45(41)51-35-33-49)47(39-23-19-15-20-24-39)53-48(40-25-21-16-22-26-40)44-30-32-46(52-36-34-50)42(38-44)28-18-14-12-10-8-6-4-2/h15-16,19-26,29-32,37-38,47-50H,3-14,17-18,27-28,33-36H2,1-2H3. The molecule has 5 heteroatoms. The van der Waals surface area contributed by atoms with Crippen molar-refractivity contribution in [1.82, 2.24) is 0 Å². The molecular formula is C48H66O5. The molecule has 2 atom stereocenters. The van der Waals surface area contributed by atoms with Crippen molar-refractivity contribution in [3.8, 4) is 11.5 Å². The van der Waals surface area contributed by atoms with Crippen LogP contribution in [-0.4, -0.2) is 36.6 Å². The van der Waals surface area contributed by atoms with Gasteiger partial charge in [-0.3, -0.25) is 0 Å². The Morgan fingerprint density at radius 2 is 0.811 bits per heavy atom. The van der Waals surface area contributed by atoms with Crippen molar-refractivity contribution >= 4 is 0 Å². The molecule has 0 saturated heterocycles. The number of aliphatic hydroxyl groups excluding tert-OH is 2. The molecular weight excluding hydrogens is 657 g/mol. The van der Waals surface area contributed by atoms with E-state index in [0.717, 1.165) is 70.6 Å². The molecule has 5 nitrogen and oxygen atoms in total. The fraction of sp³-hybridized carbons (Fsp3) is 0.500. The van der Waals surface area contributed by atoms with Gasteiger partial charge in [-0.2, -0.15) is 0 Å². The number of unbranched alkanes of at least 4 members (excludes halogenated alkanes) is 12. The summed E-state index contributed by atoms with van der Waals surface area (Å²) < 4.78 is 19.5. The zero-order chi connectivity index (χ0) is 37.4. The Kier molecular flexibility index (Phi) is 20.2. The van der Waals surface area contributed by atoms with Crippen LogP contribution in [0.1, 0.15) is 149 Å². The van der Waals surface area contributed by atoms with Crippen LogP contribution in [0, 0.1) is 0 Å². The highest BCUT2D eigenvalue weighted by Gasteiger charge is 2.25. The van der Waals surface area contributed by atoms with Crippen LogP contribution in [-0.2, 0) is 17.6 Å². The second-order valence-electron chi connectivity index (χ2n) is 14.3. The van der Waals surface area contributed by atoms with Gasteiger partial charge in [0.05, 0.1) is 13.2 Å². The van der Waals surface area contributed by atoms with E-state index in [0.29, 0.717) is 0 Å². The molecule has 0 aliphatic heterocycles. The summed E-state index contributed by atoms with van der Waals surface area (Å²) in [5, 5.41) is 19.1. The summed E-state index contributed by atoms with van der Waals surface area (Å²) in [5.41, 5.74) is 6.66. The molecule has 0 spiro atoms. The first kappa shape index (κ1) is 42.1. The monoisotopic (exact) mass is 722 g/mol.